The normalized spacial score (nSPS) is 13.5. The van der Waals surface area contributed by atoms with Gasteiger partial charge in [-0.25, -0.2) is 9.44 Å². The van der Waals surface area contributed by atoms with E-state index in [4.69, 9.17) is 10.2 Å². The number of thiol groups is 2. The van der Waals surface area contributed by atoms with E-state index in [0.29, 0.717) is 22.0 Å². The number of hydrogen-bond donors (Lipinski definition) is 12. The van der Waals surface area contributed by atoms with Gasteiger partial charge in [-0.1, -0.05) is 0 Å². The van der Waals surface area contributed by atoms with E-state index < -0.39 is 84.8 Å². The van der Waals surface area contributed by atoms with Crippen LogP contribution in [0.3, 0.4) is 0 Å². The maximum atomic E-state index is 12.2. The smallest absolute Gasteiger partial charge is 0.322 e. The summed E-state index contributed by atoms with van der Waals surface area (Å²) < 4.78 is 5.07. The van der Waals surface area contributed by atoms with Gasteiger partial charge < -0.3 is 41.7 Å². The predicted octanol–water partition coefficient (Wildman–Crippen LogP) is -2.93. The second-order valence-electron chi connectivity index (χ2n) is 8.09. The van der Waals surface area contributed by atoms with Gasteiger partial charge >= 0.3 is 23.9 Å². The molecule has 4 atom stereocenters. The van der Waals surface area contributed by atoms with Crippen LogP contribution in [0, 0.1) is 0 Å². The van der Waals surface area contributed by atoms with Crippen LogP contribution >= 0.6 is 47.2 Å². The maximum Gasteiger partial charge on any atom is 0.322 e. The molecule has 0 aromatic rings. The van der Waals surface area contributed by atoms with E-state index in [9.17, 15) is 48.6 Å². The van der Waals surface area contributed by atoms with Gasteiger partial charge in [-0.05, 0) is 12.8 Å². The fourth-order valence-corrected chi connectivity index (χ4v) is 4.94. The van der Waals surface area contributed by atoms with Crippen molar-refractivity contribution in [3.05, 3.63) is 0 Å². The minimum atomic E-state index is -1.32. The molecule has 0 spiro atoms. The third kappa shape index (κ3) is 17.8. The number of carbonyl (C=O) groups is 8. The number of nitrogens with one attached hydrogen (secondary N) is 6. The van der Waals surface area contributed by atoms with Crippen LogP contribution in [-0.2, 0) is 38.4 Å². The summed E-state index contributed by atoms with van der Waals surface area (Å²) in [5.74, 6) is -8.42. The van der Waals surface area contributed by atoms with Gasteiger partial charge in [0.25, 0.3) is 0 Å². The lowest BCUT2D eigenvalue weighted by molar-refractivity contribution is -0.140. The van der Waals surface area contributed by atoms with Crippen LogP contribution in [0.2, 0.25) is 0 Å². The summed E-state index contributed by atoms with van der Waals surface area (Å²) in [5.41, 5.74) is 0. The maximum absolute atomic E-state index is 12.2. The molecule has 0 rings (SSSR count). The van der Waals surface area contributed by atoms with Crippen molar-refractivity contribution in [2.24, 2.45) is 0 Å². The number of amides is 4. The fourth-order valence-electron chi connectivity index (χ4n) is 2.67. The number of carboxylic acid groups (broad SMARTS) is 4. The molecule has 0 aliphatic rings. The lowest BCUT2D eigenvalue weighted by Crippen LogP contribution is -2.49. The van der Waals surface area contributed by atoms with Gasteiger partial charge in [0.15, 0.2) is 0 Å². The molecule has 10 N–H and O–H groups in total. The van der Waals surface area contributed by atoms with E-state index in [0.717, 1.165) is 0 Å². The van der Waals surface area contributed by atoms with Gasteiger partial charge in [0.05, 0.1) is 0 Å². The van der Waals surface area contributed by atoms with Crippen LogP contribution in [0.4, 0.5) is 0 Å². The van der Waals surface area contributed by atoms with E-state index in [-0.39, 0.29) is 37.2 Å². The molecule has 0 saturated heterocycles. The van der Waals surface area contributed by atoms with Crippen LogP contribution in [0.1, 0.15) is 25.7 Å². The first-order valence-corrected chi connectivity index (χ1v) is 15.2. The molecule has 238 valence electrons. The van der Waals surface area contributed by atoms with Crippen LogP contribution in [0.5, 0.6) is 0 Å². The van der Waals surface area contributed by atoms with E-state index in [2.05, 4.69) is 56.0 Å². The first-order valence-electron chi connectivity index (χ1n) is 11.8. The fraction of sp³-hybridized carbons (Fsp3) is 0.600. The molecule has 0 heterocycles. The van der Waals surface area contributed by atoms with Crippen molar-refractivity contribution < 1.29 is 58.8 Å². The number of hydrogen-bond acceptors (Lipinski definition) is 14. The summed E-state index contributed by atoms with van der Waals surface area (Å²) in [7, 11) is 1.43. The molecule has 0 saturated carbocycles. The Bertz CT molecular complexity index is 915. The largest absolute Gasteiger partial charge is 0.480 e. The molecule has 0 unspecified atom stereocenters. The minimum absolute atomic E-state index is 0.139. The summed E-state index contributed by atoms with van der Waals surface area (Å²) in [5, 5.41) is 44.8. The Morgan fingerprint density at radius 1 is 0.571 bits per heavy atom. The van der Waals surface area contributed by atoms with Crippen molar-refractivity contribution in [2.45, 2.75) is 49.9 Å². The summed E-state index contributed by atoms with van der Waals surface area (Å²) in [4.78, 5) is 92.2. The second kappa shape index (κ2) is 21.7. The lowest BCUT2D eigenvalue weighted by Gasteiger charge is -2.18. The van der Waals surface area contributed by atoms with Crippen LogP contribution in [0.15, 0.2) is 0 Å². The number of rotatable bonds is 23. The van der Waals surface area contributed by atoms with Crippen molar-refractivity contribution in [3.63, 3.8) is 0 Å². The SMILES string of the molecule is O=C(O)CNC(=O)[C@H](CS)NC(=O)CC[C@H](NSSN[C@@H](CCC(=O)N[C@@H](CS)C(=O)NCC(=O)O)C(=O)O)C(=O)O. The van der Waals surface area contributed by atoms with Crippen LogP contribution in [-0.4, -0.2) is 117 Å². The highest BCUT2D eigenvalue weighted by atomic mass is 33.1. The molecule has 4 amide bonds. The van der Waals surface area contributed by atoms with E-state index in [1.165, 1.54) is 0 Å². The first kappa shape index (κ1) is 39.1. The monoisotopic (exact) mass is 676 g/mol. The van der Waals surface area contributed by atoms with Crippen LogP contribution < -0.4 is 30.7 Å². The molecule has 0 radical (unpaired) electrons. The molecular formula is C20H32N6O12S4. The van der Waals surface area contributed by atoms with E-state index >= 15 is 0 Å². The highest BCUT2D eigenvalue weighted by molar-refractivity contribution is 8.75. The van der Waals surface area contributed by atoms with Gasteiger partial charge in [0.1, 0.15) is 37.3 Å². The molecule has 0 fully saturated rings. The molecule has 0 bridgehead atoms. The Morgan fingerprint density at radius 3 is 1.17 bits per heavy atom. The zero-order valence-corrected chi connectivity index (χ0v) is 25.2. The Labute approximate surface area is 258 Å². The molecule has 0 aliphatic heterocycles. The molecular weight excluding hydrogens is 645 g/mol. The zero-order chi connectivity index (χ0) is 32.2. The third-order valence-corrected chi connectivity index (χ3v) is 7.24. The molecule has 0 aromatic carbocycles. The Hall–Kier alpha value is -2.92. The molecule has 18 nitrogen and oxygen atoms in total. The quantitative estimate of drug-likeness (QED) is 0.0223. The molecule has 22 heteroatoms. The van der Waals surface area contributed by atoms with Gasteiger partial charge in [0, 0.05) is 46.3 Å². The standard InChI is InChI=1S/C20H32N6O12S4/c27-13(23-11(7-39)17(33)21-5-15(29)30)3-1-9(19(35)36)25-41-42-26-10(20(37)38)2-4-14(28)24-12(8-40)18(34)22-6-16(31)32/h9-12,25-26,39-40H,1-8H2,(H,21,33)(H,22,34)(H,23,27)(H,24,28)(H,29,30)(H,31,32)(H,35,36)(H,37,38)/t9-,10-,11-,12-/m0/s1. The minimum Gasteiger partial charge on any atom is -0.480 e. The van der Waals surface area contributed by atoms with Crippen molar-refractivity contribution in [1.82, 2.24) is 30.7 Å². The Morgan fingerprint density at radius 2 is 0.905 bits per heavy atom. The highest BCUT2D eigenvalue weighted by Crippen LogP contribution is 2.18. The molecule has 42 heavy (non-hydrogen) atoms. The lowest BCUT2D eigenvalue weighted by atomic mass is 10.1. The van der Waals surface area contributed by atoms with Crippen molar-refractivity contribution >= 4 is 94.7 Å². The summed E-state index contributed by atoms with van der Waals surface area (Å²) in [6.07, 6.45) is -1.10. The Balaban J connectivity index is 4.65. The second-order valence-corrected chi connectivity index (χ2v) is 10.6. The Kier molecular flexibility index (Phi) is 20.2. The van der Waals surface area contributed by atoms with Crippen molar-refractivity contribution in [1.29, 1.82) is 0 Å². The van der Waals surface area contributed by atoms with Crippen LogP contribution in [0.25, 0.3) is 0 Å². The van der Waals surface area contributed by atoms with Gasteiger partial charge in [-0.3, -0.25) is 38.4 Å². The average molecular weight is 677 g/mol. The number of carbonyl (C=O) groups excluding carboxylic acids is 4. The van der Waals surface area contributed by atoms with Crippen molar-refractivity contribution in [3.8, 4) is 0 Å². The van der Waals surface area contributed by atoms with Gasteiger partial charge in [0.2, 0.25) is 23.6 Å². The zero-order valence-electron chi connectivity index (χ0n) is 21.7. The van der Waals surface area contributed by atoms with E-state index in [1.807, 2.05) is 0 Å². The number of carboxylic acids is 4. The van der Waals surface area contributed by atoms with Gasteiger partial charge in [-0.2, -0.15) is 25.3 Å². The topological polar surface area (TPSA) is 290 Å². The van der Waals surface area contributed by atoms with Gasteiger partial charge in [-0.15, -0.1) is 0 Å². The predicted molar refractivity (Wildman–Crippen MR) is 156 cm³/mol. The van der Waals surface area contributed by atoms with E-state index in [1.54, 1.807) is 0 Å². The number of aliphatic carboxylic acids is 4. The molecule has 0 aromatic heterocycles. The summed E-state index contributed by atoms with van der Waals surface area (Å²) >= 11 is 7.85. The highest BCUT2D eigenvalue weighted by Gasteiger charge is 2.25. The van der Waals surface area contributed by atoms with Crippen molar-refractivity contribution in [2.75, 3.05) is 24.6 Å². The average Bonchev–Trinajstić information content (AvgIpc) is 2.92. The molecule has 0 aliphatic carbocycles. The summed E-state index contributed by atoms with van der Waals surface area (Å²) in [6, 6.07) is -4.80. The summed E-state index contributed by atoms with van der Waals surface area (Å²) in [6.45, 7) is -1.32. The first-order chi connectivity index (χ1) is 19.7. The third-order valence-electron chi connectivity index (χ3n) is 4.84.